The van der Waals surface area contributed by atoms with Crippen molar-refractivity contribution in [1.29, 1.82) is 0 Å². The molecule has 0 aliphatic heterocycles. The van der Waals surface area contributed by atoms with Gasteiger partial charge in [-0.2, -0.15) is 0 Å². The van der Waals surface area contributed by atoms with Gasteiger partial charge < -0.3 is 10.1 Å². The maximum Gasteiger partial charge on any atom is 0.329 e. The summed E-state index contributed by atoms with van der Waals surface area (Å²) >= 11 is 1.33. The minimum atomic E-state index is -0.606. The Balaban J connectivity index is 1.91. The van der Waals surface area contributed by atoms with Gasteiger partial charge in [-0.15, -0.1) is 11.3 Å². The number of aromatic amines is 1. The number of nitrogens with one attached hydrogen (secondary N) is 2. The van der Waals surface area contributed by atoms with E-state index in [-0.39, 0.29) is 6.54 Å². The van der Waals surface area contributed by atoms with Gasteiger partial charge in [-0.3, -0.25) is 19.1 Å². The molecule has 0 saturated carbocycles. The zero-order valence-corrected chi connectivity index (χ0v) is 14.8. The molecule has 3 aromatic rings. The first-order chi connectivity index (χ1) is 11.9. The van der Waals surface area contributed by atoms with E-state index in [2.05, 4.69) is 10.3 Å². The van der Waals surface area contributed by atoms with Gasteiger partial charge in [0.05, 0.1) is 18.2 Å². The van der Waals surface area contributed by atoms with E-state index in [1.807, 2.05) is 19.9 Å². The molecule has 0 atom stereocenters. The van der Waals surface area contributed by atoms with E-state index < -0.39 is 17.2 Å². The van der Waals surface area contributed by atoms with Crippen molar-refractivity contribution in [3.8, 4) is 5.75 Å². The van der Waals surface area contributed by atoms with Crippen molar-refractivity contribution in [2.24, 2.45) is 0 Å². The smallest absolute Gasteiger partial charge is 0.329 e. The Morgan fingerprint density at radius 2 is 2.04 bits per heavy atom. The van der Waals surface area contributed by atoms with Gasteiger partial charge in [-0.25, -0.2) is 4.79 Å². The van der Waals surface area contributed by atoms with Gasteiger partial charge in [0, 0.05) is 4.88 Å². The number of carbonyl (C=O) groups is 1. The number of rotatable bonds is 4. The second-order valence-electron chi connectivity index (χ2n) is 5.67. The SMILES string of the molecule is COc1ccc(C)cc1NC(=O)Cn1c(=O)[nH]c2sc(C)cc2c1=O. The molecule has 0 saturated heterocycles. The van der Waals surface area contributed by atoms with Crippen molar-refractivity contribution >= 4 is 33.1 Å². The first kappa shape index (κ1) is 17.0. The molecule has 0 aliphatic rings. The van der Waals surface area contributed by atoms with Crippen LogP contribution in [0.2, 0.25) is 0 Å². The van der Waals surface area contributed by atoms with Crippen LogP contribution in [0.1, 0.15) is 10.4 Å². The van der Waals surface area contributed by atoms with E-state index >= 15 is 0 Å². The highest BCUT2D eigenvalue weighted by Gasteiger charge is 2.14. The van der Waals surface area contributed by atoms with Gasteiger partial charge in [0.25, 0.3) is 5.56 Å². The number of carbonyl (C=O) groups excluding carboxylic acids is 1. The van der Waals surface area contributed by atoms with Crippen molar-refractivity contribution in [3.63, 3.8) is 0 Å². The number of hydrogen-bond donors (Lipinski definition) is 2. The molecule has 130 valence electrons. The maximum absolute atomic E-state index is 12.5. The predicted octanol–water partition coefficient (Wildman–Crippen LogP) is 2.02. The second kappa shape index (κ2) is 6.56. The van der Waals surface area contributed by atoms with Gasteiger partial charge in [-0.05, 0) is 37.6 Å². The summed E-state index contributed by atoms with van der Waals surface area (Å²) < 4.78 is 6.10. The lowest BCUT2D eigenvalue weighted by Gasteiger charge is -2.11. The lowest BCUT2D eigenvalue weighted by Crippen LogP contribution is -2.38. The van der Waals surface area contributed by atoms with Crippen LogP contribution in [0.3, 0.4) is 0 Å². The van der Waals surface area contributed by atoms with Crippen LogP contribution in [-0.2, 0) is 11.3 Å². The van der Waals surface area contributed by atoms with E-state index in [4.69, 9.17) is 4.74 Å². The zero-order valence-electron chi connectivity index (χ0n) is 14.0. The summed E-state index contributed by atoms with van der Waals surface area (Å²) in [6.07, 6.45) is 0. The molecule has 25 heavy (non-hydrogen) atoms. The number of thiophene rings is 1. The van der Waals surface area contributed by atoms with Crippen molar-refractivity contribution < 1.29 is 9.53 Å². The van der Waals surface area contributed by atoms with Crippen molar-refractivity contribution in [3.05, 3.63) is 55.5 Å². The molecular formula is C17H17N3O4S. The number of H-pyrrole nitrogens is 1. The summed E-state index contributed by atoms with van der Waals surface area (Å²) in [6.45, 7) is 3.36. The Morgan fingerprint density at radius 1 is 1.28 bits per heavy atom. The molecule has 1 aromatic carbocycles. The summed E-state index contributed by atoms with van der Waals surface area (Å²) in [5.41, 5.74) is 0.353. The van der Waals surface area contributed by atoms with Crippen LogP contribution < -0.4 is 21.3 Å². The number of aryl methyl sites for hydroxylation is 2. The molecule has 0 fully saturated rings. The molecular weight excluding hydrogens is 342 g/mol. The fraction of sp³-hybridized carbons (Fsp3) is 0.235. The Morgan fingerprint density at radius 3 is 2.76 bits per heavy atom. The number of hydrogen-bond acceptors (Lipinski definition) is 5. The summed E-state index contributed by atoms with van der Waals surface area (Å²) in [5, 5.41) is 3.09. The maximum atomic E-state index is 12.5. The van der Waals surface area contributed by atoms with Gasteiger partial charge in [-0.1, -0.05) is 6.07 Å². The van der Waals surface area contributed by atoms with Crippen LogP contribution >= 0.6 is 11.3 Å². The topological polar surface area (TPSA) is 93.2 Å². The summed E-state index contributed by atoms with van der Waals surface area (Å²) in [5.74, 6) is 0.0203. The molecule has 3 rings (SSSR count). The number of fused-ring (bicyclic) bond motifs is 1. The normalized spacial score (nSPS) is 10.8. The molecule has 2 heterocycles. The number of anilines is 1. The molecule has 2 aromatic heterocycles. The number of amides is 1. The minimum absolute atomic E-state index is 0.379. The van der Waals surface area contributed by atoms with Crippen LogP contribution in [0.25, 0.3) is 10.2 Å². The summed E-state index contributed by atoms with van der Waals surface area (Å²) in [6, 6.07) is 7.06. The van der Waals surface area contributed by atoms with Gasteiger partial charge >= 0.3 is 5.69 Å². The third kappa shape index (κ3) is 3.34. The van der Waals surface area contributed by atoms with Gasteiger partial charge in [0.1, 0.15) is 17.1 Å². The predicted molar refractivity (Wildman–Crippen MR) is 97.8 cm³/mol. The number of benzene rings is 1. The third-order valence-corrected chi connectivity index (χ3v) is 4.69. The van der Waals surface area contributed by atoms with E-state index in [0.29, 0.717) is 21.7 Å². The molecule has 8 heteroatoms. The van der Waals surface area contributed by atoms with Gasteiger partial charge in [0.2, 0.25) is 5.91 Å². The van der Waals surface area contributed by atoms with E-state index in [1.165, 1.54) is 18.4 Å². The van der Waals surface area contributed by atoms with Crippen molar-refractivity contribution in [1.82, 2.24) is 9.55 Å². The van der Waals surface area contributed by atoms with Crippen LogP contribution in [-0.4, -0.2) is 22.6 Å². The zero-order chi connectivity index (χ0) is 18.1. The average Bonchev–Trinajstić information content (AvgIpc) is 2.92. The molecule has 2 N–H and O–H groups in total. The van der Waals surface area contributed by atoms with Crippen molar-refractivity contribution in [2.75, 3.05) is 12.4 Å². The highest BCUT2D eigenvalue weighted by Crippen LogP contribution is 2.25. The Labute approximate surface area is 146 Å². The van der Waals surface area contributed by atoms with Crippen molar-refractivity contribution in [2.45, 2.75) is 20.4 Å². The highest BCUT2D eigenvalue weighted by atomic mass is 32.1. The molecule has 1 amide bonds. The number of ether oxygens (including phenoxy) is 1. The van der Waals surface area contributed by atoms with E-state index in [1.54, 1.807) is 18.2 Å². The second-order valence-corrected chi connectivity index (χ2v) is 6.93. The monoisotopic (exact) mass is 359 g/mol. The summed E-state index contributed by atoms with van der Waals surface area (Å²) in [7, 11) is 1.50. The fourth-order valence-corrected chi connectivity index (χ4v) is 3.46. The van der Waals surface area contributed by atoms with Crippen LogP contribution in [0, 0.1) is 13.8 Å². The van der Waals surface area contributed by atoms with Gasteiger partial charge in [0.15, 0.2) is 0 Å². The van der Waals surface area contributed by atoms with Crippen LogP contribution in [0.5, 0.6) is 5.75 Å². The minimum Gasteiger partial charge on any atom is -0.495 e. The first-order valence-electron chi connectivity index (χ1n) is 7.57. The highest BCUT2D eigenvalue weighted by molar-refractivity contribution is 7.18. The van der Waals surface area contributed by atoms with Crippen LogP contribution in [0.4, 0.5) is 5.69 Å². The Hall–Kier alpha value is -2.87. The van der Waals surface area contributed by atoms with E-state index in [0.717, 1.165) is 15.0 Å². The van der Waals surface area contributed by atoms with E-state index in [9.17, 15) is 14.4 Å². The quantitative estimate of drug-likeness (QED) is 0.745. The lowest BCUT2D eigenvalue weighted by molar-refractivity contribution is -0.116. The number of methoxy groups -OCH3 is 1. The Kier molecular flexibility index (Phi) is 4.45. The fourth-order valence-electron chi connectivity index (χ4n) is 2.56. The summed E-state index contributed by atoms with van der Waals surface area (Å²) in [4.78, 5) is 41.0. The first-order valence-corrected chi connectivity index (χ1v) is 8.38. The molecule has 0 bridgehead atoms. The Bertz CT molecular complexity index is 1080. The molecule has 0 radical (unpaired) electrons. The standard InChI is InChI=1S/C17H17N3O4S/c1-9-4-5-13(24-3)12(6-9)18-14(21)8-20-16(22)11-7-10(2)25-15(11)19-17(20)23/h4-7H,8H2,1-3H3,(H,18,21)(H,19,23). The molecule has 7 nitrogen and oxygen atoms in total. The molecule has 0 spiro atoms. The molecule has 0 aliphatic carbocycles. The lowest BCUT2D eigenvalue weighted by atomic mass is 10.2. The third-order valence-electron chi connectivity index (χ3n) is 3.73. The largest absolute Gasteiger partial charge is 0.495 e. The average molecular weight is 359 g/mol. The number of nitrogens with zero attached hydrogens (tertiary/aromatic N) is 1. The number of aromatic nitrogens is 2. The molecule has 0 unspecified atom stereocenters. The van der Waals surface area contributed by atoms with Crippen LogP contribution in [0.15, 0.2) is 33.9 Å².